The standard InChI is InChI=1S/C24H37N5O4/c1-6-23(4,5)16-9-11-24(12-10-16)21(31)29(22(32)27-24)13-17(30)25-18(14(2)3)20-26-19(28-33-20)15-7-8-15/h14-16,18H,6-13H2,1-5H3,(H,25,30)(H,27,32). The molecule has 3 fully saturated rings. The van der Waals surface area contributed by atoms with Crippen molar-refractivity contribution in [1.29, 1.82) is 0 Å². The van der Waals surface area contributed by atoms with Gasteiger partial charge in [0.15, 0.2) is 5.82 Å². The smallest absolute Gasteiger partial charge is 0.325 e. The molecule has 2 heterocycles. The normalized spacial score (nSPS) is 26.7. The van der Waals surface area contributed by atoms with Gasteiger partial charge in [-0.25, -0.2) is 4.79 Å². The molecule has 1 atom stereocenters. The first-order valence-electron chi connectivity index (χ1n) is 12.3. The number of hydrogen-bond acceptors (Lipinski definition) is 6. The summed E-state index contributed by atoms with van der Waals surface area (Å²) >= 11 is 0. The van der Waals surface area contributed by atoms with Crippen LogP contribution in [0.1, 0.15) is 103 Å². The van der Waals surface area contributed by atoms with E-state index in [1.54, 1.807) is 0 Å². The molecule has 2 aliphatic carbocycles. The predicted octanol–water partition coefficient (Wildman–Crippen LogP) is 3.68. The fourth-order valence-electron chi connectivity index (χ4n) is 5.10. The third kappa shape index (κ3) is 4.64. The minimum absolute atomic E-state index is 0.00750. The molecule has 182 valence electrons. The zero-order valence-corrected chi connectivity index (χ0v) is 20.4. The van der Waals surface area contributed by atoms with Crippen LogP contribution in [0.25, 0.3) is 0 Å². The van der Waals surface area contributed by atoms with Crippen LogP contribution in [0.4, 0.5) is 4.79 Å². The molecule has 0 aromatic carbocycles. The molecule has 1 aromatic rings. The third-order valence-electron chi connectivity index (χ3n) is 8.05. The SMILES string of the molecule is CCC(C)(C)C1CCC2(CC1)NC(=O)N(CC(=O)NC(c1nc(C3CC3)no1)C(C)C)C2=O. The summed E-state index contributed by atoms with van der Waals surface area (Å²) in [6, 6.07) is -0.961. The number of imide groups is 1. The van der Waals surface area contributed by atoms with Crippen molar-refractivity contribution < 1.29 is 18.9 Å². The number of rotatable bonds is 8. The summed E-state index contributed by atoms with van der Waals surface area (Å²) in [5, 5.41) is 9.84. The van der Waals surface area contributed by atoms with Crippen LogP contribution in [0.3, 0.4) is 0 Å². The highest BCUT2D eigenvalue weighted by atomic mass is 16.5. The summed E-state index contributed by atoms with van der Waals surface area (Å²) in [7, 11) is 0. The second-order valence-corrected chi connectivity index (χ2v) is 11.1. The lowest BCUT2D eigenvalue weighted by Gasteiger charge is -2.42. The Kier molecular flexibility index (Phi) is 6.26. The number of nitrogens with one attached hydrogen (secondary N) is 2. The van der Waals surface area contributed by atoms with Crippen LogP contribution in [0.5, 0.6) is 0 Å². The number of carbonyl (C=O) groups excluding carboxylic acids is 3. The number of amides is 4. The number of nitrogens with zero attached hydrogens (tertiary/aromatic N) is 3. The Bertz CT molecular complexity index is 912. The summed E-state index contributed by atoms with van der Waals surface area (Å²) < 4.78 is 5.40. The van der Waals surface area contributed by atoms with E-state index in [9.17, 15) is 14.4 Å². The van der Waals surface area contributed by atoms with Gasteiger partial charge in [0.1, 0.15) is 18.1 Å². The number of carbonyl (C=O) groups is 3. The summed E-state index contributed by atoms with van der Waals surface area (Å²) in [4.78, 5) is 44.3. The van der Waals surface area contributed by atoms with E-state index in [0.29, 0.717) is 36.4 Å². The molecule has 4 amide bonds. The molecule has 9 heteroatoms. The van der Waals surface area contributed by atoms with E-state index in [4.69, 9.17) is 4.52 Å². The number of urea groups is 1. The van der Waals surface area contributed by atoms with Crippen molar-refractivity contribution in [2.45, 2.75) is 97.1 Å². The Morgan fingerprint density at radius 2 is 1.91 bits per heavy atom. The Balaban J connectivity index is 1.38. The van der Waals surface area contributed by atoms with Gasteiger partial charge in [0, 0.05) is 5.92 Å². The molecular formula is C24H37N5O4. The molecule has 0 radical (unpaired) electrons. The van der Waals surface area contributed by atoms with E-state index in [-0.39, 0.29) is 23.8 Å². The summed E-state index contributed by atoms with van der Waals surface area (Å²) in [6.07, 6.45) is 6.21. The van der Waals surface area contributed by atoms with E-state index in [0.717, 1.165) is 37.0 Å². The van der Waals surface area contributed by atoms with Crippen molar-refractivity contribution in [1.82, 2.24) is 25.7 Å². The number of aromatic nitrogens is 2. The lowest BCUT2D eigenvalue weighted by molar-refractivity contribution is -0.136. The fraction of sp³-hybridized carbons (Fsp3) is 0.792. The highest BCUT2D eigenvalue weighted by Crippen LogP contribution is 2.45. The molecule has 1 spiro atoms. The van der Waals surface area contributed by atoms with Gasteiger partial charge >= 0.3 is 6.03 Å². The van der Waals surface area contributed by atoms with E-state index in [1.165, 1.54) is 0 Å². The zero-order chi connectivity index (χ0) is 24.0. The number of hydrogen-bond donors (Lipinski definition) is 2. The van der Waals surface area contributed by atoms with Gasteiger partial charge in [0.2, 0.25) is 11.8 Å². The molecular weight excluding hydrogens is 422 g/mol. The summed E-state index contributed by atoms with van der Waals surface area (Å²) in [5.74, 6) is 1.23. The van der Waals surface area contributed by atoms with E-state index >= 15 is 0 Å². The predicted molar refractivity (Wildman–Crippen MR) is 121 cm³/mol. The maximum atomic E-state index is 13.3. The van der Waals surface area contributed by atoms with E-state index in [1.807, 2.05) is 13.8 Å². The first-order valence-corrected chi connectivity index (χ1v) is 12.3. The van der Waals surface area contributed by atoms with Crippen LogP contribution in [0.15, 0.2) is 4.52 Å². The summed E-state index contributed by atoms with van der Waals surface area (Å²) in [5.41, 5.74) is -0.659. The lowest BCUT2D eigenvalue weighted by atomic mass is 9.65. The molecule has 9 nitrogen and oxygen atoms in total. The lowest BCUT2D eigenvalue weighted by Crippen LogP contribution is -2.51. The average Bonchev–Trinajstić information content (AvgIpc) is 3.47. The van der Waals surface area contributed by atoms with Crippen molar-refractivity contribution >= 4 is 17.8 Å². The molecule has 1 aliphatic heterocycles. The Morgan fingerprint density at radius 1 is 1.24 bits per heavy atom. The quantitative estimate of drug-likeness (QED) is 0.573. The monoisotopic (exact) mass is 459 g/mol. The van der Waals surface area contributed by atoms with Crippen LogP contribution in [0, 0.1) is 17.3 Å². The minimum atomic E-state index is -0.874. The second-order valence-electron chi connectivity index (χ2n) is 11.1. The topological polar surface area (TPSA) is 117 Å². The average molecular weight is 460 g/mol. The van der Waals surface area contributed by atoms with Crippen LogP contribution in [-0.4, -0.2) is 45.0 Å². The third-order valence-corrected chi connectivity index (χ3v) is 8.05. The van der Waals surface area contributed by atoms with Crippen LogP contribution < -0.4 is 10.6 Å². The van der Waals surface area contributed by atoms with Crippen molar-refractivity contribution in [3.8, 4) is 0 Å². The van der Waals surface area contributed by atoms with Gasteiger partial charge in [-0.15, -0.1) is 0 Å². The minimum Gasteiger partial charge on any atom is -0.342 e. The van der Waals surface area contributed by atoms with Gasteiger partial charge in [0.05, 0.1) is 0 Å². The largest absolute Gasteiger partial charge is 0.342 e. The van der Waals surface area contributed by atoms with Crippen molar-refractivity contribution in [2.75, 3.05) is 6.54 Å². The Labute approximate surface area is 195 Å². The van der Waals surface area contributed by atoms with Gasteiger partial charge in [-0.1, -0.05) is 46.2 Å². The van der Waals surface area contributed by atoms with Gasteiger partial charge in [-0.3, -0.25) is 14.5 Å². The van der Waals surface area contributed by atoms with Crippen LogP contribution in [-0.2, 0) is 9.59 Å². The van der Waals surface area contributed by atoms with E-state index in [2.05, 4.69) is 41.5 Å². The molecule has 1 aromatic heterocycles. The molecule has 1 unspecified atom stereocenters. The fourth-order valence-corrected chi connectivity index (χ4v) is 5.10. The van der Waals surface area contributed by atoms with Crippen molar-refractivity contribution in [3.63, 3.8) is 0 Å². The highest BCUT2D eigenvalue weighted by Gasteiger charge is 2.53. The van der Waals surface area contributed by atoms with Crippen molar-refractivity contribution in [2.24, 2.45) is 17.3 Å². The first-order chi connectivity index (χ1) is 15.6. The second kappa shape index (κ2) is 8.72. The maximum Gasteiger partial charge on any atom is 0.325 e. The van der Waals surface area contributed by atoms with Crippen LogP contribution in [0.2, 0.25) is 0 Å². The molecule has 2 saturated carbocycles. The highest BCUT2D eigenvalue weighted by molar-refractivity contribution is 6.09. The molecule has 0 bridgehead atoms. The maximum absolute atomic E-state index is 13.3. The van der Waals surface area contributed by atoms with Crippen molar-refractivity contribution in [3.05, 3.63) is 11.7 Å². The Hall–Kier alpha value is -2.45. The first kappa shape index (κ1) is 23.7. The Morgan fingerprint density at radius 3 is 2.48 bits per heavy atom. The zero-order valence-electron chi connectivity index (χ0n) is 20.4. The summed E-state index contributed by atoms with van der Waals surface area (Å²) in [6.45, 7) is 10.3. The van der Waals surface area contributed by atoms with E-state index < -0.39 is 23.5 Å². The van der Waals surface area contributed by atoms with Gasteiger partial charge in [-0.2, -0.15) is 4.98 Å². The molecule has 3 aliphatic rings. The molecule has 33 heavy (non-hydrogen) atoms. The van der Waals surface area contributed by atoms with Gasteiger partial charge < -0.3 is 15.2 Å². The molecule has 2 N–H and O–H groups in total. The van der Waals surface area contributed by atoms with Crippen LogP contribution >= 0.6 is 0 Å². The van der Waals surface area contributed by atoms with Gasteiger partial charge in [-0.05, 0) is 55.8 Å². The molecule has 4 rings (SSSR count). The van der Waals surface area contributed by atoms with Gasteiger partial charge in [0.25, 0.3) is 5.91 Å². The molecule has 1 saturated heterocycles.